The summed E-state index contributed by atoms with van der Waals surface area (Å²) in [4.78, 5) is 22.8. The summed E-state index contributed by atoms with van der Waals surface area (Å²) in [6.07, 6.45) is 14.7. The number of benzene rings is 4. The van der Waals surface area contributed by atoms with Crippen molar-refractivity contribution in [2.24, 2.45) is 0 Å². The molecule has 47 heavy (non-hydrogen) atoms. The van der Waals surface area contributed by atoms with Gasteiger partial charge in [0, 0.05) is 29.7 Å². The van der Waals surface area contributed by atoms with Gasteiger partial charge in [-0.1, -0.05) is 121 Å². The summed E-state index contributed by atoms with van der Waals surface area (Å²) in [6.45, 7) is 1.95. The van der Waals surface area contributed by atoms with Crippen LogP contribution in [-0.2, 0) is 29.1 Å². The SMILES string of the molecule is CC(NC(=O)CCC(=O)O)[C]1[CH][CH][CH][C]1P(c1ccccc1)c1ccccc1.[CH]1[CH][CH][C](P(c2ccccc2)c2ccccc2)[CH]1.[Ru+2]. The molecule has 1 amide bonds. The third-order valence-electron chi connectivity index (χ3n) is 7.44. The van der Waals surface area contributed by atoms with Crippen molar-refractivity contribution < 1.29 is 34.2 Å². The van der Waals surface area contributed by atoms with Gasteiger partial charge in [0.15, 0.2) is 0 Å². The maximum Gasteiger partial charge on any atom is 2.00 e. The van der Waals surface area contributed by atoms with Gasteiger partial charge in [0.2, 0.25) is 5.91 Å². The average molecular weight is 743 g/mol. The van der Waals surface area contributed by atoms with Crippen LogP contribution >= 0.6 is 15.8 Å². The van der Waals surface area contributed by atoms with Crippen LogP contribution in [0.1, 0.15) is 19.8 Å². The monoisotopic (exact) mass is 743 g/mol. The molecule has 236 valence electrons. The van der Waals surface area contributed by atoms with Gasteiger partial charge in [0.1, 0.15) is 0 Å². The maximum absolute atomic E-state index is 12.1. The first-order valence-electron chi connectivity index (χ1n) is 15.3. The molecule has 4 nitrogen and oxygen atoms in total. The number of carbonyl (C=O) groups excluding carboxylic acids is 1. The van der Waals surface area contributed by atoms with Crippen molar-refractivity contribution in [2.75, 3.05) is 0 Å². The van der Waals surface area contributed by atoms with Crippen LogP contribution in [0, 0.1) is 62.2 Å². The second-order valence-corrected chi connectivity index (χ2v) is 15.1. The molecule has 1 atom stereocenters. The van der Waals surface area contributed by atoms with Gasteiger partial charge in [-0.05, 0) is 88.9 Å². The number of amides is 1. The molecular weight excluding hydrogens is 705 g/mol. The molecule has 2 fully saturated rings. The Balaban J connectivity index is 0.000000227. The zero-order valence-electron chi connectivity index (χ0n) is 26.1. The Labute approximate surface area is 296 Å². The number of carboxylic acid groups (broad SMARTS) is 1. The van der Waals surface area contributed by atoms with Crippen molar-refractivity contribution in [3.63, 3.8) is 0 Å². The van der Waals surface area contributed by atoms with E-state index in [2.05, 4.69) is 122 Å². The number of hydrogen-bond acceptors (Lipinski definition) is 2. The molecule has 0 heterocycles. The number of rotatable bonds is 11. The van der Waals surface area contributed by atoms with Gasteiger partial charge in [-0.3, -0.25) is 9.59 Å². The van der Waals surface area contributed by atoms with Crippen LogP contribution in [0.2, 0.25) is 0 Å². The van der Waals surface area contributed by atoms with Crippen molar-refractivity contribution in [1.29, 1.82) is 0 Å². The smallest absolute Gasteiger partial charge is 0.481 e. The van der Waals surface area contributed by atoms with E-state index in [0.29, 0.717) is 0 Å². The predicted molar refractivity (Wildman–Crippen MR) is 192 cm³/mol. The normalized spacial score (nSPS) is 15.9. The summed E-state index contributed by atoms with van der Waals surface area (Å²) in [5, 5.41) is 17.0. The van der Waals surface area contributed by atoms with Gasteiger partial charge >= 0.3 is 25.4 Å². The molecule has 2 saturated carbocycles. The minimum Gasteiger partial charge on any atom is -0.481 e. The van der Waals surface area contributed by atoms with Gasteiger partial charge in [-0.2, -0.15) is 0 Å². The molecule has 2 N–H and O–H groups in total. The Morgan fingerprint density at radius 1 is 0.596 bits per heavy atom. The first-order chi connectivity index (χ1) is 22.5. The van der Waals surface area contributed by atoms with Crippen molar-refractivity contribution in [3.05, 3.63) is 184 Å². The molecule has 0 aromatic heterocycles. The van der Waals surface area contributed by atoms with Crippen molar-refractivity contribution in [1.82, 2.24) is 5.32 Å². The van der Waals surface area contributed by atoms with E-state index < -0.39 is 21.8 Å². The number of nitrogens with one attached hydrogen (secondary N) is 1. The summed E-state index contributed by atoms with van der Waals surface area (Å²) in [6, 6.07) is 42.2. The fraction of sp³-hybridized carbons (Fsp3) is 0.100. The topological polar surface area (TPSA) is 66.4 Å². The average Bonchev–Trinajstić information content (AvgIpc) is 3.80. The Morgan fingerprint density at radius 2 is 1.02 bits per heavy atom. The quantitative estimate of drug-likeness (QED) is 0.133. The minimum absolute atomic E-state index is 0. The molecule has 0 saturated heterocycles. The van der Waals surface area contributed by atoms with E-state index in [-0.39, 0.29) is 44.3 Å². The van der Waals surface area contributed by atoms with Crippen molar-refractivity contribution >= 4 is 48.9 Å². The van der Waals surface area contributed by atoms with Crippen LogP contribution in [0.4, 0.5) is 0 Å². The first-order valence-corrected chi connectivity index (χ1v) is 18.0. The van der Waals surface area contributed by atoms with E-state index in [9.17, 15) is 9.59 Å². The molecule has 0 spiro atoms. The number of carboxylic acids is 1. The van der Waals surface area contributed by atoms with Crippen LogP contribution in [0.25, 0.3) is 0 Å². The Morgan fingerprint density at radius 3 is 1.45 bits per heavy atom. The van der Waals surface area contributed by atoms with Gasteiger partial charge < -0.3 is 10.4 Å². The maximum atomic E-state index is 12.1. The minimum atomic E-state index is -0.964. The first kappa shape index (κ1) is 37.1. The van der Waals surface area contributed by atoms with Gasteiger partial charge in [0.25, 0.3) is 0 Å². The number of carbonyl (C=O) groups is 2. The largest absolute Gasteiger partial charge is 2.00 e. The molecule has 2 aliphatic carbocycles. The number of aliphatic carboxylic acids is 1. The summed E-state index contributed by atoms with van der Waals surface area (Å²) in [5.74, 6) is -0.137. The summed E-state index contributed by atoms with van der Waals surface area (Å²) in [7, 11) is -1.16. The fourth-order valence-electron chi connectivity index (χ4n) is 5.30. The fourth-order valence-corrected chi connectivity index (χ4v) is 10.2. The summed E-state index contributed by atoms with van der Waals surface area (Å²) < 4.78 is 0. The molecule has 1 unspecified atom stereocenters. The van der Waals surface area contributed by atoms with Crippen molar-refractivity contribution in [3.8, 4) is 0 Å². The third-order valence-corrected chi connectivity index (χ3v) is 12.4. The zero-order valence-corrected chi connectivity index (χ0v) is 29.6. The van der Waals surface area contributed by atoms with Gasteiger partial charge in [0.05, 0.1) is 6.42 Å². The van der Waals surface area contributed by atoms with E-state index in [1.54, 1.807) is 0 Å². The Kier molecular flexibility index (Phi) is 15.3. The summed E-state index contributed by atoms with van der Waals surface area (Å²) >= 11 is 0. The molecule has 4 aromatic carbocycles. The van der Waals surface area contributed by atoms with E-state index >= 15 is 0 Å². The van der Waals surface area contributed by atoms with Crippen LogP contribution in [0.3, 0.4) is 0 Å². The van der Waals surface area contributed by atoms with Crippen LogP contribution in [0.15, 0.2) is 121 Å². The second-order valence-electron chi connectivity index (χ2n) is 10.7. The Bertz CT molecular complexity index is 1410. The molecule has 4 aromatic rings. The molecular formula is C40H37NO3P2Ru+2. The third kappa shape index (κ3) is 10.6. The molecule has 6 rings (SSSR count). The predicted octanol–water partition coefficient (Wildman–Crippen LogP) is 6.70. The van der Waals surface area contributed by atoms with Gasteiger partial charge in [-0.25, -0.2) is 0 Å². The molecule has 7 heteroatoms. The van der Waals surface area contributed by atoms with Gasteiger partial charge in [-0.15, -0.1) is 0 Å². The van der Waals surface area contributed by atoms with E-state index in [0.717, 1.165) is 5.92 Å². The molecule has 10 radical (unpaired) electrons. The van der Waals surface area contributed by atoms with E-state index in [1.807, 2.05) is 56.2 Å². The van der Waals surface area contributed by atoms with Crippen molar-refractivity contribution in [2.45, 2.75) is 25.8 Å². The van der Waals surface area contributed by atoms with Crippen LogP contribution in [0.5, 0.6) is 0 Å². The number of hydrogen-bond donors (Lipinski definition) is 2. The van der Waals surface area contributed by atoms with E-state index in [4.69, 9.17) is 5.11 Å². The van der Waals surface area contributed by atoms with E-state index in [1.165, 1.54) is 32.5 Å². The molecule has 0 bridgehead atoms. The van der Waals surface area contributed by atoms with Crippen LogP contribution < -0.4 is 26.5 Å². The molecule has 0 aliphatic heterocycles. The summed E-state index contributed by atoms with van der Waals surface area (Å²) in [5.41, 5.74) is 2.63. The standard InChI is InChI=1S/C23H23NO3P.C17H14P.Ru/c1-17(24-22(25)15-16-23(26)27)20-13-8-14-21(20)28(18-9-4-2-5-10-18)19-11-6-3-7-12-19;1-3-9-15(10-4-1)18(17-13-7-8-14-17)16-11-5-2-6-12-16;/h2-14,17H,15-16H2,1H3,(H,24,25)(H,26,27);1-14H;/q;;+2. The second kappa shape index (κ2) is 19.3. The molecule has 2 aliphatic rings. The Hall–Kier alpha value is -2.70. The van der Waals surface area contributed by atoms with Crippen LogP contribution in [-0.4, -0.2) is 23.0 Å². The zero-order chi connectivity index (χ0) is 32.1.